The van der Waals surface area contributed by atoms with E-state index in [-0.39, 0.29) is 11.3 Å². The molecule has 7 heteroatoms. The number of piperazine rings is 1. The normalized spacial score (nSPS) is 13.5. The average Bonchev–Trinajstić information content (AvgIpc) is 2.84. The largest absolute Gasteiger partial charge is 0.496 e. The van der Waals surface area contributed by atoms with Gasteiger partial charge in [-0.05, 0) is 42.5 Å². The highest BCUT2D eigenvalue weighted by atomic mass is 16.5. The van der Waals surface area contributed by atoms with E-state index in [1.807, 2.05) is 24.3 Å². The third-order valence-corrected chi connectivity index (χ3v) is 5.60. The van der Waals surface area contributed by atoms with Crippen molar-refractivity contribution in [2.24, 2.45) is 0 Å². The first-order valence-corrected chi connectivity index (χ1v) is 10.4. The summed E-state index contributed by atoms with van der Waals surface area (Å²) in [5.74, 6) is -1.09. The van der Waals surface area contributed by atoms with Gasteiger partial charge >= 0.3 is 5.97 Å². The summed E-state index contributed by atoms with van der Waals surface area (Å²) in [6.45, 7) is 3.25. The van der Waals surface area contributed by atoms with Crippen LogP contribution in [-0.2, 0) is 0 Å². The van der Waals surface area contributed by atoms with Crippen LogP contribution in [0.1, 0.15) is 20.7 Å². The van der Waals surface area contributed by atoms with Crippen molar-refractivity contribution in [2.75, 3.05) is 48.4 Å². The number of hydrogen-bond acceptors (Lipinski definition) is 5. The average molecular weight is 431 g/mol. The highest BCUT2D eigenvalue weighted by Gasteiger charge is 2.21. The van der Waals surface area contributed by atoms with Crippen molar-refractivity contribution in [3.05, 3.63) is 83.9 Å². The summed E-state index contributed by atoms with van der Waals surface area (Å²) in [5, 5.41) is 12.5. The Hall–Kier alpha value is -4.00. The summed E-state index contributed by atoms with van der Waals surface area (Å²) in [6, 6.07) is 22.2. The van der Waals surface area contributed by atoms with Crippen LogP contribution in [0.5, 0.6) is 5.75 Å². The number of carbonyl (C=O) groups excluding carboxylic acids is 1. The topological polar surface area (TPSA) is 82.1 Å². The van der Waals surface area contributed by atoms with Crippen LogP contribution in [0.4, 0.5) is 17.1 Å². The zero-order valence-corrected chi connectivity index (χ0v) is 17.8. The third-order valence-electron chi connectivity index (χ3n) is 5.60. The Balaban J connectivity index is 1.50. The predicted molar refractivity (Wildman–Crippen MR) is 125 cm³/mol. The molecule has 0 spiro atoms. The molecule has 164 valence electrons. The van der Waals surface area contributed by atoms with E-state index < -0.39 is 11.9 Å². The van der Waals surface area contributed by atoms with Gasteiger partial charge < -0.3 is 25.0 Å². The first-order valence-electron chi connectivity index (χ1n) is 10.4. The molecule has 0 unspecified atom stereocenters. The minimum atomic E-state index is -1.09. The lowest BCUT2D eigenvalue weighted by Gasteiger charge is -2.37. The Labute approximate surface area is 186 Å². The quantitative estimate of drug-likeness (QED) is 0.615. The molecule has 3 aromatic carbocycles. The first-order chi connectivity index (χ1) is 15.6. The number of anilines is 3. The summed E-state index contributed by atoms with van der Waals surface area (Å²) < 4.78 is 5.23. The molecule has 0 bridgehead atoms. The number of amides is 1. The summed E-state index contributed by atoms with van der Waals surface area (Å²) in [7, 11) is 1.49. The van der Waals surface area contributed by atoms with Gasteiger partial charge in [-0.3, -0.25) is 4.79 Å². The number of carboxylic acid groups (broad SMARTS) is 1. The summed E-state index contributed by atoms with van der Waals surface area (Å²) in [6.07, 6.45) is 0. The van der Waals surface area contributed by atoms with Crippen molar-refractivity contribution >= 4 is 28.9 Å². The van der Waals surface area contributed by atoms with Gasteiger partial charge in [0.05, 0.1) is 23.9 Å². The summed E-state index contributed by atoms with van der Waals surface area (Å²) >= 11 is 0. The highest BCUT2D eigenvalue weighted by Crippen LogP contribution is 2.27. The number of para-hydroxylation sites is 2. The van der Waals surface area contributed by atoms with Crippen LogP contribution in [0.2, 0.25) is 0 Å². The fourth-order valence-corrected chi connectivity index (χ4v) is 3.90. The molecule has 1 heterocycles. The molecule has 0 radical (unpaired) electrons. The molecule has 1 aliphatic heterocycles. The molecule has 1 amide bonds. The van der Waals surface area contributed by atoms with Gasteiger partial charge in [0.15, 0.2) is 0 Å². The number of carboxylic acids is 1. The Morgan fingerprint density at radius 1 is 0.812 bits per heavy atom. The number of nitrogens with one attached hydrogen (secondary N) is 1. The zero-order chi connectivity index (χ0) is 22.5. The monoisotopic (exact) mass is 431 g/mol. The number of methoxy groups -OCH3 is 1. The number of carbonyl (C=O) groups is 2. The van der Waals surface area contributed by atoms with E-state index in [4.69, 9.17) is 4.74 Å². The van der Waals surface area contributed by atoms with Gasteiger partial charge in [-0.2, -0.15) is 0 Å². The second-order valence-electron chi connectivity index (χ2n) is 7.50. The second-order valence-corrected chi connectivity index (χ2v) is 7.50. The van der Waals surface area contributed by atoms with Crippen LogP contribution in [0, 0.1) is 0 Å². The van der Waals surface area contributed by atoms with Crippen LogP contribution in [0.3, 0.4) is 0 Å². The van der Waals surface area contributed by atoms with Gasteiger partial charge in [0.1, 0.15) is 5.75 Å². The molecule has 32 heavy (non-hydrogen) atoms. The molecule has 0 atom stereocenters. The molecular weight excluding hydrogens is 406 g/mol. The smallest absolute Gasteiger partial charge is 0.337 e. The van der Waals surface area contributed by atoms with E-state index in [1.54, 1.807) is 36.4 Å². The van der Waals surface area contributed by atoms with Gasteiger partial charge in [0.2, 0.25) is 0 Å². The molecule has 1 fully saturated rings. The Morgan fingerprint density at radius 3 is 2.09 bits per heavy atom. The van der Waals surface area contributed by atoms with Crippen molar-refractivity contribution in [3.8, 4) is 5.75 Å². The van der Waals surface area contributed by atoms with Crippen LogP contribution in [-0.4, -0.2) is 50.3 Å². The van der Waals surface area contributed by atoms with E-state index in [2.05, 4.69) is 27.2 Å². The number of ether oxygens (including phenoxy) is 1. The lowest BCUT2D eigenvalue weighted by Crippen LogP contribution is -2.46. The van der Waals surface area contributed by atoms with Crippen molar-refractivity contribution in [3.63, 3.8) is 0 Å². The van der Waals surface area contributed by atoms with Gasteiger partial charge in [0, 0.05) is 37.6 Å². The Bertz CT molecular complexity index is 1110. The van der Waals surface area contributed by atoms with Crippen LogP contribution in [0.25, 0.3) is 0 Å². The lowest BCUT2D eigenvalue weighted by molar-refractivity contribution is 0.0698. The van der Waals surface area contributed by atoms with Gasteiger partial charge in [-0.25, -0.2) is 4.79 Å². The highest BCUT2D eigenvalue weighted by molar-refractivity contribution is 6.09. The number of benzene rings is 3. The van der Waals surface area contributed by atoms with Gasteiger partial charge in [-0.15, -0.1) is 0 Å². The van der Waals surface area contributed by atoms with E-state index >= 15 is 0 Å². The van der Waals surface area contributed by atoms with E-state index in [0.717, 1.165) is 31.9 Å². The summed E-state index contributed by atoms with van der Waals surface area (Å²) in [4.78, 5) is 29.1. The number of aromatic carboxylic acids is 1. The Morgan fingerprint density at radius 2 is 1.44 bits per heavy atom. The van der Waals surface area contributed by atoms with Crippen LogP contribution < -0.4 is 19.9 Å². The molecule has 7 nitrogen and oxygen atoms in total. The van der Waals surface area contributed by atoms with Gasteiger partial charge in [0.25, 0.3) is 5.91 Å². The van der Waals surface area contributed by atoms with Gasteiger partial charge in [-0.1, -0.05) is 30.3 Å². The fraction of sp³-hybridized carbons (Fsp3) is 0.200. The molecular formula is C25H25N3O4. The van der Waals surface area contributed by atoms with Crippen molar-refractivity contribution in [1.82, 2.24) is 0 Å². The maximum absolute atomic E-state index is 12.7. The number of nitrogens with zero attached hydrogens (tertiary/aromatic N) is 2. The first kappa shape index (κ1) is 21.2. The maximum Gasteiger partial charge on any atom is 0.337 e. The van der Waals surface area contributed by atoms with E-state index in [9.17, 15) is 14.7 Å². The molecule has 0 saturated carbocycles. The molecule has 1 aliphatic rings. The molecule has 3 aromatic rings. The van der Waals surface area contributed by atoms with Crippen molar-refractivity contribution in [1.29, 1.82) is 0 Å². The maximum atomic E-state index is 12.7. The van der Waals surface area contributed by atoms with E-state index in [0.29, 0.717) is 11.3 Å². The zero-order valence-electron chi connectivity index (χ0n) is 17.8. The molecule has 0 aromatic heterocycles. The number of hydrogen-bond donors (Lipinski definition) is 2. The molecule has 1 saturated heterocycles. The number of rotatable bonds is 6. The lowest BCUT2D eigenvalue weighted by atomic mass is 10.1. The molecule has 2 N–H and O–H groups in total. The summed E-state index contributed by atoms with van der Waals surface area (Å²) in [5.41, 5.74) is 2.65. The van der Waals surface area contributed by atoms with Crippen molar-refractivity contribution in [2.45, 2.75) is 0 Å². The minimum absolute atomic E-state index is 0.0521. The van der Waals surface area contributed by atoms with Crippen LogP contribution >= 0.6 is 0 Å². The SMILES string of the molecule is COc1ccccc1C(=O)Nc1ccc(N2CCN(c3ccccc3)CC2)cc1C(=O)O. The van der Waals surface area contributed by atoms with Crippen LogP contribution in [0.15, 0.2) is 72.8 Å². The van der Waals surface area contributed by atoms with E-state index in [1.165, 1.54) is 12.8 Å². The molecule has 0 aliphatic carbocycles. The fourth-order valence-electron chi connectivity index (χ4n) is 3.90. The standard InChI is InChI=1S/C25H25N3O4/c1-32-23-10-6-5-9-20(23)24(29)26-22-12-11-19(17-21(22)25(30)31)28-15-13-27(14-16-28)18-7-3-2-4-8-18/h2-12,17H,13-16H2,1H3,(H,26,29)(H,30,31). The Kier molecular flexibility index (Phi) is 6.26. The second kappa shape index (κ2) is 9.43. The molecule has 4 rings (SSSR count). The minimum Gasteiger partial charge on any atom is -0.496 e. The third kappa shape index (κ3) is 4.51. The van der Waals surface area contributed by atoms with Crippen molar-refractivity contribution < 1.29 is 19.4 Å². The predicted octanol–water partition coefficient (Wildman–Crippen LogP) is 3.97.